The van der Waals surface area contributed by atoms with Crippen LogP contribution in [0, 0.1) is 13.8 Å². The highest BCUT2D eigenvalue weighted by atomic mass is 79.9. The Kier molecular flexibility index (Phi) is 5.43. The van der Waals surface area contributed by atoms with Crippen LogP contribution in [-0.4, -0.2) is 31.9 Å². The number of hydrogen-bond acceptors (Lipinski definition) is 4. The summed E-state index contributed by atoms with van der Waals surface area (Å²) in [6.45, 7) is 4.90. The molecule has 1 fully saturated rings. The maximum absolute atomic E-state index is 11.7. The van der Waals surface area contributed by atoms with Gasteiger partial charge < -0.3 is 14.2 Å². The van der Waals surface area contributed by atoms with E-state index in [1.165, 1.54) is 0 Å². The number of carbonyl (C=O) groups is 1. The first-order valence-corrected chi connectivity index (χ1v) is 7.52. The molecule has 1 atom stereocenters. The van der Waals surface area contributed by atoms with Crippen LogP contribution in [0.25, 0.3) is 0 Å². The fourth-order valence-corrected chi connectivity index (χ4v) is 2.95. The third kappa shape index (κ3) is 4.21. The third-order valence-electron chi connectivity index (χ3n) is 3.21. The van der Waals surface area contributed by atoms with E-state index in [1.807, 2.05) is 26.0 Å². The molecule has 1 aliphatic heterocycles. The first kappa shape index (κ1) is 15.3. The van der Waals surface area contributed by atoms with Gasteiger partial charge in [-0.3, -0.25) is 0 Å². The summed E-state index contributed by atoms with van der Waals surface area (Å²) in [5, 5.41) is 0. The lowest BCUT2D eigenvalue weighted by molar-refractivity contribution is -0.149. The number of halogens is 1. The smallest absolute Gasteiger partial charge is 0.344 e. The zero-order chi connectivity index (χ0) is 14.5. The molecule has 0 aromatic heterocycles. The molecule has 2 rings (SSSR count). The van der Waals surface area contributed by atoms with Gasteiger partial charge in [-0.2, -0.15) is 0 Å². The van der Waals surface area contributed by atoms with Crippen molar-refractivity contribution >= 4 is 21.9 Å². The van der Waals surface area contributed by atoms with E-state index in [-0.39, 0.29) is 18.7 Å². The Hall–Kier alpha value is -1.07. The number of ether oxygens (including phenoxy) is 3. The monoisotopic (exact) mass is 342 g/mol. The van der Waals surface area contributed by atoms with Crippen molar-refractivity contribution in [3.63, 3.8) is 0 Å². The second-order valence-corrected chi connectivity index (χ2v) is 5.89. The van der Waals surface area contributed by atoms with Gasteiger partial charge in [-0.05, 0) is 49.9 Å². The molecule has 1 unspecified atom stereocenters. The van der Waals surface area contributed by atoms with Crippen molar-refractivity contribution in [1.82, 2.24) is 0 Å². The lowest BCUT2D eigenvalue weighted by Crippen LogP contribution is -2.22. The molecule has 0 radical (unpaired) electrons. The summed E-state index contributed by atoms with van der Waals surface area (Å²) in [7, 11) is 0. The van der Waals surface area contributed by atoms with Gasteiger partial charge in [0.15, 0.2) is 6.61 Å². The van der Waals surface area contributed by atoms with Gasteiger partial charge in [0.05, 0.1) is 6.10 Å². The van der Waals surface area contributed by atoms with E-state index >= 15 is 0 Å². The zero-order valence-electron chi connectivity index (χ0n) is 11.8. The van der Waals surface area contributed by atoms with E-state index in [4.69, 9.17) is 14.2 Å². The predicted octanol–water partition coefficient (Wildman–Crippen LogP) is 3.17. The van der Waals surface area contributed by atoms with Gasteiger partial charge in [-0.15, -0.1) is 0 Å². The molecule has 0 amide bonds. The molecule has 0 aliphatic carbocycles. The maximum atomic E-state index is 11.7. The average molecular weight is 343 g/mol. The second-order valence-electron chi connectivity index (χ2n) is 4.98. The average Bonchev–Trinajstić information content (AvgIpc) is 2.88. The Morgan fingerprint density at radius 3 is 2.70 bits per heavy atom. The van der Waals surface area contributed by atoms with E-state index in [1.54, 1.807) is 0 Å². The van der Waals surface area contributed by atoms with E-state index in [0.29, 0.717) is 6.61 Å². The highest BCUT2D eigenvalue weighted by Crippen LogP contribution is 2.27. The Morgan fingerprint density at radius 1 is 1.40 bits per heavy atom. The van der Waals surface area contributed by atoms with Crippen molar-refractivity contribution in [2.24, 2.45) is 0 Å². The van der Waals surface area contributed by atoms with Crippen LogP contribution in [0.15, 0.2) is 16.6 Å². The van der Waals surface area contributed by atoms with E-state index in [2.05, 4.69) is 15.9 Å². The van der Waals surface area contributed by atoms with Crippen LogP contribution >= 0.6 is 15.9 Å². The van der Waals surface area contributed by atoms with Crippen LogP contribution in [-0.2, 0) is 14.3 Å². The van der Waals surface area contributed by atoms with Crippen molar-refractivity contribution in [3.05, 3.63) is 27.7 Å². The van der Waals surface area contributed by atoms with Gasteiger partial charge in [0.25, 0.3) is 0 Å². The molecule has 110 valence electrons. The van der Waals surface area contributed by atoms with E-state index in [0.717, 1.165) is 40.8 Å². The topological polar surface area (TPSA) is 44.8 Å². The first-order chi connectivity index (χ1) is 9.56. The molecule has 1 heterocycles. The number of esters is 1. The van der Waals surface area contributed by atoms with E-state index in [9.17, 15) is 4.79 Å². The fraction of sp³-hybridized carbons (Fsp3) is 0.533. The molecule has 1 aromatic rings. The summed E-state index contributed by atoms with van der Waals surface area (Å²) in [5.74, 6) is 0.379. The highest BCUT2D eigenvalue weighted by molar-refractivity contribution is 9.10. The summed E-state index contributed by atoms with van der Waals surface area (Å²) >= 11 is 3.43. The van der Waals surface area contributed by atoms with Crippen molar-refractivity contribution in [2.45, 2.75) is 32.8 Å². The van der Waals surface area contributed by atoms with Crippen molar-refractivity contribution in [2.75, 3.05) is 19.8 Å². The predicted molar refractivity (Wildman–Crippen MR) is 79.0 cm³/mol. The first-order valence-electron chi connectivity index (χ1n) is 6.73. The maximum Gasteiger partial charge on any atom is 0.344 e. The molecule has 5 heteroatoms. The Morgan fingerprint density at radius 2 is 2.10 bits per heavy atom. The molecular formula is C15H19BrO4. The summed E-state index contributed by atoms with van der Waals surface area (Å²) < 4.78 is 17.1. The molecule has 20 heavy (non-hydrogen) atoms. The van der Waals surface area contributed by atoms with Crippen LogP contribution < -0.4 is 4.74 Å². The minimum Gasteiger partial charge on any atom is -0.481 e. The number of benzene rings is 1. The molecular weight excluding hydrogens is 324 g/mol. The third-order valence-corrected chi connectivity index (χ3v) is 3.67. The Labute approximate surface area is 127 Å². The highest BCUT2D eigenvalue weighted by Gasteiger charge is 2.18. The van der Waals surface area contributed by atoms with Crippen molar-refractivity contribution < 1.29 is 19.0 Å². The summed E-state index contributed by atoms with van der Waals surface area (Å²) in [6.07, 6.45) is 2.05. The molecule has 0 spiro atoms. The molecule has 1 aliphatic rings. The standard InChI is InChI=1S/C15H19BrO4/c1-10-6-12(16)7-11(2)15(10)20-9-14(17)19-8-13-4-3-5-18-13/h6-7,13H,3-5,8-9H2,1-2H3. The quantitative estimate of drug-likeness (QED) is 0.771. The van der Waals surface area contributed by atoms with Crippen molar-refractivity contribution in [3.8, 4) is 5.75 Å². The Bertz CT molecular complexity index is 458. The van der Waals surface area contributed by atoms with Gasteiger partial charge in [-0.25, -0.2) is 4.79 Å². The summed E-state index contributed by atoms with van der Waals surface area (Å²) in [6, 6.07) is 3.92. The Balaban J connectivity index is 1.81. The SMILES string of the molecule is Cc1cc(Br)cc(C)c1OCC(=O)OCC1CCCO1. The number of rotatable bonds is 5. The number of aryl methyl sites for hydroxylation is 2. The van der Waals surface area contributed by atoms with Crippen LogP contribution in [0.3, 0.4) is 0 Å². The van der Waals surface area contributed by atoms with Gasteiger partial charge in [0.2, 0.25) is 0 Å². The second kappa shape index (κ2) is 7.09. The lowest BCUT2D eigenvalue weighted by Gasteiger charge is -2.13. The van der Waals surface area contributed by atoms with Gasteiger partial charge in [-0.1, -0.05) is 15.9 Å². The molecule has 0 bridgehead atoms. The fourth-order valence-electron chi connectivity index (χ4n) is 2.26. The number of carbonyl (C=O) groups excluding carboxylic acids is 1. The van der Waals surface area contributed by atoms with Crippen molar-refractivity contribution in [1.29, 1.82) is 0 Å². The minimum absolute atomic E-state index is 0.0510. The normalized spacial score (nSPS) is 18.1. The molecule has 1 aromatic carbocycles. The molecule has 0 N–H and O–H groups in total. The summed E-state index contributed by atoms with van der Waals surface area (Å²) in [4.78, 5) is 11.7. The molecule has 1 saturated heterocycles. The number of hydrogen-bond donors (Lipinski definition) is 0. The van der Waals surface area contributed by atoms with Gasteiger partial charge in [0.1, 0.15) is 12.4 Å². The van der Waals surface area contributed by atoms with Crippen LogP contribution in [0.4, 0.5) is 0 Å². The molecule has 0 saturated carbocycles. The van der Waals surface area contributed by atoms with Crippen LogP contribution in [0.2, 0.25) is 0 Å². The minimum atomic E-state index is -0.359. The lowest BCUT2D eigenvalue weighted by atomic mass is 10.1. The van der Waals surface area contributed by atoms with Gasteiger partial charge >= 0.3 is 5.97 Å². The van der Waals surface area contributed by atoms with Crippen LogP contribution in [0.1, 0.15) is 24.0 Å². The van der Waals surface area contributed by atoms with E-state index < -0.39 is 0 Å². The summed E-state index contributed by atoms with van der Waals surface area (Å²) in [5.41, 5.74) is 1.98. The molecule has 4 nitrogen and oxygen atoms in total. The zero-order valence-corrected chi connectivity index (χ0v) is 13.4. The van der Waals surface area contributed by atoms with Gasteiger partial charge in [0, 0.05) is 11.1 Å². The van der Waals surface area contributed by atoms with Crippen LogP contribution in [0.5, 0.6) is 5.75 Å². The largest absolute Gasteiger partial charge is 0.481 e.